The number of rotatable bonds is 8. The maximum absolute atomic E-state index is 13.3. The molecule has 15 heteroatoms. The summed E-state index contributed by atoms with van der Waals surface area (Å²) in [6, 6.07) is 26.8. The van der Waals surface area contributed by atoms with Gasteiger partial charge in [0, 0.05) is 50.2 Å². The maximum atomic E-state index is 13.3. The highest BCUT2D eigenvalue weighted by atomic mass is 19.1. The molecule has 6 heterocycles. The van der Waals surface area contributed by atoms with Crippen molar-refractivity contribution in [2.24, 2.45) is 0 Å². The van der Waals surface area contributed by atoms with Crippen molar-refractivity contribution >= 4 is 11.8 Å². The number of benzene rings is 2. The lowest BCUT2D eigenvalue weighted by Crippen LogP contribution is -2.39. The van der Waals surface area contributed by atoms with E-state index in [1.54, 1.807) is 40.3 Å². The van der Waals surface area contributed by atoms with Gasteiger partial charge >= 0.3 is 12.0 Å². The van der Waals surface area contributed by atoms with Gasteiger partial charge in [0.2, 0.25) is 17.7 Å². The first kappa shape index (κ1) is 34.9. The van der Waals surface area contributed by atoms with Crippen molar-refractivity contribution in [2.75, 3.05) is 26.2 Å². The molecule has 2 atom stereocenters. The monoisotopic (exact) mass is 718 g/mol. The van der Waals surface area contributed by atoms with Crippen molar-refractivity contribution in [1.82, 2.24) is 40.0 Å². The lowest BCUT2D eigenvalue weighted by Gasteiger charge is -2.31. The number of piperidine rings is 2. The number of halogens is 1. The van der Waals surface area contributed by atoms with Crippen LogP contribution in [-0.4, -0.2) is 78.0 Å². The predicted octanol–water partition coefficient (Wildman–Crippen LogP) is 6.69. The molecule has 53 heavy (non-hydrogen) atoms. The van der Waals surface area contributed by atoms with E-state index in [1.165, 1.54) is 12.3 Å². The number of carbonyl (C=O) groups excluding carboxylic acids is 2. The molecule has 8 rings (SSSR count). The first-order chi connectivity index (χ1) is 26.0. The van der Waals surface area contributed by atoms with Gasteiger partial charge in [-0.05, 0) is 78.5 Å². The van der Waals surface area contributed by atoms with E-state index in [9.17, 15) is 14.0 Å². The van der Waals surface area contributed by atoms with Gasteiger partial charge in [0.15, 0.2) is 0 Å². The highest BCUT2D eigenvalue weighted by molar-refractivity contribution is 5.94. The summed E-state index contributed by atoms with van der Waals surface area (Å²) in [4.78, 5) is 44.9. The topological polar surface area (TPSA) is 163 Å². The number of hydrogen-bond donors (Lipinski definition) is 0. The van der Waals surface area contributed by atoms with E-state index >= 15 is 0 Å². The van der Waals surface area contributed by atoms with Crippen molar-refractivity contribution < 1.29 is 32.5 Å². The number of pyridine rings is 2. The summed E-state index contributed by atoms with van der Waals surface area (Å²) in [7, 11) is 0. The fourth-order valence-corrected chi connectivity index (χ4v) is 6.14. The number of para-hydroxylation sites is 2. The van der Waals surface area contributed by atoms with Crippen LogP contribution >= 0.6 is 0 Å². The first-order valence-corrected chi connectivity index (χ1v) is 17.2. The number of nitrogens with zero attached hydrogens (tertiary/aromatic N) is 8. The summed E-state index contributed by atoms with van der Waals surface area (Å²) >= 11 is 0. The molecule has 0 N–H and O–H groups in total. The average Bonchev–Trinajstić information content (AvgIpc) is 3.89. The Labute approximate surface area is 303 Å². The third-order valence-electron chi connectivity index (χ3n) is 8.72. The van der Waals surface area contributed by atoms with Gasteiger partial charge in [-0.3, -0.25) is 14.6 Å². The molecule has 6 aromatic rings. The third-order valence-corrected chi connectivity index (χ3v) is 8.72. The van der Waals surface area contributed by atoms with E-state index in [1.807, 2.05) is 54.6 Å². The number of ether oxygens (including phenoxy) is 2. The summed E-state index contributed by atoms with van der Waals surface area (Å²) in [6.45, 7) is 2.26. The van der Waals surface area contributed by atoms with E-state index < -0.39 is 5.95 Å². The van der Waals surface area contributed by atoms with E-state index in [-0.39, 0.29) is 41.2 Å². The SMILES string of the molecule is O=C(c1ccccn1)N1CCC[C@H](c2nc(Oc3ccccc3)no2)C1.O=C(c1ccnc(F)c1)N1CCC[C@H](c2nc(Oc3ccccc3)no2)C1. The lowest BCUT2D eigenvalue weighted by molar-refractivity contribution is 0.0684. The molecule has 0 bridgehead atoms. The minimum Gasteiger partial charge on any atom is -0.422 e. The zero-order valence-corrected chi connectivity index (χ0v) is 28.5. The maximum Gasteiger partial charge on any atom is 0.359 e. The smallest absolute Gasteiger partial charge is 0.359 e. The van der Waals surface area contributed by atoms with Crippen LogP contribution in [0.2, 0.25) is 0 Å². The summed E-state index contributed by atoms with van der Waals surface area (Å²) in [5.41, 5.74) is 0.730. The molecular formula is C38H35FN8O6. The van der Waals surface area contributed by atoms with Crippen LogP contribution in [0.1, 0.15) is 70.1 Å². The molecule has 0 aliphatic carbocycles. The van der Waals surface area contributed by atoms with E-state index in [0.717, 1.165) is 31.7 Å². The molecule has 2 fully saturated rings. The van der Waals surface area contributed by atoms with Crippen LogP contribution in [0.3, 0.4) is 0 Å². The van der Waals surface area contributed by atoms with Gasteiger partial charge in [-0.25, -0.2) is 4.98 Å². The molecule has 4 aromatic heterocycles. The Hall–Kier alpha value is -6.51. The first-order valence-electron chi connectivity index (χ1n) is 17.2. The van der Waals surface area contributed by atoms with Crippen molar-refractivity contribution in [2.45, 2.75) is 37.5 Å². The van der Waals surface area contributed by atoms with Gasteiger partial charge in [-0.1, -0.05) is 42.5 Å². The number of aromatic nitrogens is 6. The van der Waals surface area contributed by atoms with Gasteiger partial charge in [0.05, 0.1) is 11.8 Å². The van der Waals surface area contributed by atoms with Crippen LogP contribution in [-0.2, 0) is 0 Å². The Morgan fingerprint density at radius 3 is 1.74 bits per heavy atom. The van der Waals surface area contributed by atoms with Crippen LogP contribution in [0.15, 0.2) is 112 Å². The molecule has 2 amide bonds. The average molecular weight is 719 g/mol. The normalized spacial score (nSPS) is 17.0. The highest BCUT2D eigenvalue weighted by Crippen LogP contribution is 2.30. The third kappa shape index (κ3) is 9.05. The summed E-state index contributed by atoms with van der Waals surface area (Å²) in [5.74, 6) is 1.12. The van der Waals surface area contributed by atoms with Crippen molar-refractivity contribution in [1.29, 1.82) is 0 Å². The Bertz CT molecular complexity index is 2100. The molecule has 2 saturated heterocycles. The molecule has 270 valence electrons. The zero-order valence-electron chi connectivity index (χ0n) is 28.5. The number of likely N-dealkylation sites (tertiary alicyclic amines) is 2. The fourth-order valence-electron chi connectivity index (χ4n) is 6.14. The van der Waals surface area contributed by atoms with Crippen LogP contribution in [0.25, 0.3) is 0 Å². The number of amides is 2. The van der Waals surface area contributed by atoms with E-state index in [0.29, 0.717) is 55.2 Å². The largest absolute Gasteiger partial charge is 0.422 e. The molecule has 2 aliphatic heterocycles. The molecule has 14 nitrogen and oxygen atoms in total. The van der Waals surface area contributed by atoms with E-state index in [2.05, 4.69) is 30.2 Å². The number of carbonyl (C=O) groups is 2. The van der Waals surface area contributed by atoms with Gasteiger partial charge in [-0.15, -0.1) is 0 Å². The molecule has 2 aromatic carbocycles. The molecule has 0 saturated carbocycles. The minimum atomic E-state index is -0.672. The van der Waals surface area contributed by atoms with Gasteiger partial charge in [0.25, 0.3) is 11.8 Å². The molecule has 2 aliphatic rings. The second-order valence-electron chi connectivity index (χ2n) is 12.4. The summed E-state index contributed by atoms with van der Waals surface area (Å²) in [6.07, 6.45) is 6.29. The fraction of sp³-hybridized carbons (Fsp3) is 0.263. The Balaban J connectivity index is 0.000000164. The van der Waals surface area contributed by atoms with Crippen LogP contribution < -0.4 is 9.47 Å². The minimum absolute atomic E-state index is 0.00274. The second kappa shape index (κ2) is 16.7. The second-order valence-corrected chi connectivity index (χ2v) is 12.4. The molecule has 0 unspecified atom stereocenters. The lowest BCUT2D eigenvalue weighted by atomic mass is 9.97. The van der Waals surface area contributed by atoms with Gasteiger partial charge in [-0.2, -0.15) is 14.4 Å². The number of hydrogen-bond acceptors (Lipinski definition) is 12. The van der Waals surface area contributed by atoms with Crippen LogP contribution in [0.5, 0.6) is 23.5 Å². The van der Waals surface area contributed by atoms with Crippen LogP contribution in [0, 0.1) is 5.95 Å². The van der Waals surface area contributed by atoms with Crippen LogP contribution in [0.4, 0.5) is 4.39 Å². The molecule has 0 radical (unpaired) electrons. The molecule has 0 spiro atoms. The van der Waals surface area contributed by atoms with Gasteiger partial charge < -0.3 is 28.3 Å². The Morgan fingerprint density at radius 1 is 0.660 bits per heavy atom. The summed E-state index contributed by atoms with van der Waals surface area (Å²) in [5, 5.41) is 7.75. The zero-order chi connectivity index (χ0) is 36.4. The van der Waals surface area contributed by atoms with Crippen molar-refractivity contribution in [3.63, 3.8) is 0 Å². The molecular weight excluding hydrogens is 683 g/mol. The predicted molar refractivity (Wildman–Crippen MR) is 186 cm³/mol. The standard InChI is InChI=1S/C19H17FN4O3.C19H18N4O3/c20-16-11-13(8-9-21-16)18(25)24-10-4-5-14(12-24)17-22-19(23-27-17)26-15-6-2-1-3-7-15;24-18(16-10-4-5-11-20-16)23-12-6-7-14(13-23)17-21-19(22-26-17)25-15-8-2-1-3-9-15/h1-3,6-9,11,14H,4-5,10,12H2;1-5,8-11,14H,6-7,12-13H2/t2*14-/m00/s1. The quantitative estimate of drug-likeness (QED) is 0.153. The Morgan fingerprint density at radius 2 is 1.21 bits per heavy atom. The van der Waals surface area contributed by atoms with E-state index in [4.69, 9.17) is 18.5 Å². The Kier molecular flexibility index (Phi) is 11.0. The highest BCUT2D eigenvalue weighted by Gasteiger charge is 2.31. The summed E-state index contributed by atoms with van der Waals surface area (Å²) < 4.78 is 35.1. The van der Waals surface area contributed by atoms with Crippen molar-refractivity contribution in [3.05, 3.63) is 132 Å². The van der Waals surface area contributed by atoms with Crippen molar-refractivity contribution in [3.8, 4) is 23.5 Å². The van der Waals surface area contributed by atoms with Gasteiger partial charge in [0.1, 0.15) is 17.2 Å².